The van der Waals surface area contributed by atoms with Crippen molar-refractivity contribution in [3.8, 4) is 11.5 Å². The third kappa shape index (κ3) is 5.39. The molecule has 3 aromatic rings. The number of rotatable bonds is 9. The maximum Gasteiger partial charge on any atom is 0.271 e. The van der Waals surface area contributed by atoms with Crippen molar-refractivity contribution < 1.29 is 23.9 Å². The molecule has 0 unspecified atom stereocenters. The van der Waals surface area contributed by atoms with Gasteiger partial charge in [0.2, 0.25) is 5.91 Å². The fourth-order valence-corrected chi connectivity index (χ4v) is 7.15. The molecule has 1 aromatic heterocycles. The third-order valence-corrected chi connectivity index (χ3v) is 9.25. The van der Waals surface area contributed by atoms with E-state index in [1.165, 1.54) is 0 Å². The second kappa shape index (κ2) is 11.5. The summed E-state index contributed by atoms with van der Waals surface area (Å²) in [7, 11) is 0. The van der Waals surface area contributed by atoms with Gasteiger partial charge in [-0.1, -0.05) is 37.6 Å². The van der Waals surface area contributed by atoms with Gasteiger partial charge < -0.3 is 19.9 Å². The number of aromatic nitrogens is 1. The van der Waals surface area contributed by atoms with E-state index in [2.05, 4.69) is 10.3 Å². The van der Waals surface area contributed by atoms with Gasteiger partial charge in [0.1, 0.15) is 29.0 Å². The molecule has 2 saturated carbocycles. The van der Waals surface area contributed by atoms with Crippen molar-refractivity contribution in [3.63, 3.8) is 0 Å². The van der Waals surface area contributed by atoms with Gasteiger partial charge in [0, 0.05) is 36.2 Å². The highest BCUT2D eigenvalue weighted by Crippen LogP contribution is 2.43. The van der Waals surface area contributed by atoms with Crippen molar-refractivity contribution in [1.82, 2.24) is 15.2 Å². The van der Waals surface area contributed by atoms with Gasteiger partial charge in [-0.05, 0) is 74.3 Å². The number of ketones is 2. The molecule has 2 amide bonds. The lowest BCUT2D eigenvalue weighted by molar-refractivity contribution is -0.131. The van der Waals surface area contributed by atoms with Gasteiger partial charge in [0.25, 0.3) is 5.91 Å². The van der Waals surface area contributed by atoms with E-state index in [0.29, 0.717) is 36.6 Å². The monoisotopic (exact) mass is 555 g/mol. The highest BCUT2D eigenvalue weighted by molar-refractivity contribution is 6.02. The molecular formula is C33H37N3O5. The first-order valence-corrected chi connectivity index (χ1v) is 14.9. The maximum absolute atomic E-state index is 14.0. The van der Waals surface area contributed by atoms with Crippen LogP contribution in [0, 0.1) is 17.8 Å². The van der Waals surface area contributed by atoms with Crippen molar-refractivity contribution in [2.24, 2.45) is 17.8 Å². The summed E-state index contributed by atoms with van der Waals surface area (Å²) in [6.07, 6.45) is 5.66. The summed E-state index contributed by atoms with van der Waals surface area (Å²) in [5.41, 5.74) is 1.18. The molecular weight excluding hydrogens is 518 g/mol. The minimum atomic E-state index is -0.706. The van der Waals surface area contributed by atoms with Crippen LogP contribution >= 0.6 is 0 Å². The van der Waals surface area contributed by atoms with Gasteiger partial charge in [0.15, 0.2) is 5.78 Å². The number of hydrogen-bond acceptors (Lipinski definition) is 5. The minimum absolute atomic E-state index is 0.0609. The van der Waals surface area contributed by atoms with E-state index in [0.717, 1.165) is 43.0 Å². The molecule has 214 valence electrons. The van der Waals surface area contributed by atoms with E-state index in [1.54, 1.807) is 17.9 Å². The predicted octanol–water partition coefficient (Wildman–Crippen LogP) is 5.42. The molecule has 8 nitrogen and oxygen atoms in total. The smallest absolute Gasteiger partial charge is 0.271 e. The lowest BCUT2D eigenvalue weighted by Gasteiger charge is -2.29. The van der Waals surface area contributed by atoms with E-state index in [-0.39, 0.29) is 47.6 Å². The molecule has 0 radical (unpaired) electrons. The fourth-order valence-electron chi connectivity index (χ4n) is 7.15. The topological polar surface area (TPSA) is 109 Å². The second-order valence-electron chi connectivity index (χ2n) is 11.7. The van der Waals surface area contributed by atoms with Crippen LogP contribution in [0.4, 0.5) is 0 Å². The normalized spacial score (nSPS) is 24.4. The number of Topliss-reactive ketones (excluding diaryl/α,β-unsaturated/α-hetero) is 2. The number of amides is 2. The zero-order valence-electron chi connectivity index (χ0n) is 23.4. The molecule has 0 spiro atoms. The second-order valence-corrected chi connectivity index (χ2v) is 11.7. The van der Waals surface area contributed by atoms with Crippen molar-refractivity contribution >= 4 is 34.3 Å². The first-order chi connectivity index (χ1) is 19.9. The van der Waals surface area contributed by atoms with E-state index < -0.39 is 12.1 Å². The Kier molecular flexibility index (Phi) is 7.65. The largest absolute Gasteiger partial charge is 0.457 e. The molecule has 8 heteroatoms. The third-order valence-electron chi connectivity index (χ3n) is 9.25. The van der Waals surface area contributed by atoms with Crippen LogP contribution in [0.1, 0.15) is 68.8 Å². The van der Waals surface area contributed by atoms with Crippen molar-refractivity contribution in [1.29, 1.82) is 0 Å². The Morgan fingerprint density at radius 3 is 2.63 bits per heavy atom. The van der Waals surface area contributed by atoms with Crippen LogP contribution in [0.15, 0.2) is 54.6 Å². The number of benzene rings is 2. The summed E-state index contributed by atoms with van der Waals surface area (Å²) in [4.78, 5) is 58.0. The van der Waals surface area contributed by atoms with E-state index in [9.17, 15) is 19.2 Å². The number of hydrogen-bond donors (Lipinski definition) is 2. The van der Waals surface area contributed by atoms with E-state index in [1.807, 2.05) is 48.5 Å². The van der Waals surface area contributed by atoms with Crippen molar-refractivity contribution in [2.75, 3.05) is 6.54 Å². The number of H-pyrrole nitrogens is 1. The average Bonchev–Trinajstić information content (AvgIpc) is 3.77. The Balaban J connectivity index is 1.25. The zero-order valence-corrected chi connectivity index (χ0v) is 23.4. The lowest BCUT2D eigenvalue weighted by Crippen LogP contribution is -2.53. The van der Waals surface area contributed by atoms with Crippen LogP contribution in [0.5, 0.6) is 11.5 Å². The fraction of sp³-hybridized carbons (Fsp3) is 0.455. The SMILES string of the molecule is CCC(=O)[C@H](C[C@@H]1CCCC1=O)NC(=O)[C@@H]1[C@H]2CCC[C@H]2CN1C(=O)c1cc2c(Oc3ccccc3)cccc2[nH]1. The van der Waals surface area contributed by atoms with Gasteiger partial charge in [-0.3, -0.25) is 19.2 Å². The molecule has 41 heavy (non-hydrogen) atoms. The molecule has 3 fully saturated rings. The first-order valence-electron chi connectivity index (χ1n) is 14.9. The molecule has 1 aliphatic heterocycles. The molecule has 1 saturated heterocycles. The molecule has 2 heterocycles. The van der Waals surface area contributed by atoms with Crippen molar-refractivity contribution in [2.45, 2.75) is 70.4 Å². The number of nitrogens with zero attached hydrogens (tertiary/aromatic N) is 1. The van der Waals surface area contributed by atoms with E-state index >= 15 is 0 Å². The van der Waals surface area contributed by atoms with Crippen LogP contribution in [0.3, 0.4) is 0 Å². The number of carbonyl (C=O) groups excluding carboxylic acids is 4. The average molecular weight is 556 g/mol. The standard InChI is InChI=1S/C33H37N3O5/c1-2-28(37)26(17-20-9-7-15-29(20)38)35-32(39)31-23-13-6-10-21(23)19-36(31)33(40)27-18-24-25(34-27)14-8-16-30(24)41-22-11-4-3-5-12-22/h3-5,8,11-12,14,16,18,20-21,23,26,31,34H,2,6-7,9-10,13,15,17,19H2,1H3,(H,35,39)/t20-,21-,23-,26-,31-/m0/s1. The molecule has 5 atom stereocenters. The first kappa shape index (κ1) is 27.2. The maximum atomic E-state index is 14.0. The van der Waals surface area contributed by atoms with Crippen LogP contribution in [-0.4, -0.2) is 51.9 Å². The zero-order chi connectivity index (χ0) is 28.5. The van der Waals surface area contributed by atoms with Crippen molar-refractivity contribution in [3.05, 3.63) is 60.3 Å². The summed E-state index contributed by atoms with van der Waals surface area (Å²) < 4.78 is 6.10. The van der Waals surface area contributed by atoms with Crippen LogP contribution in [-0.2, 0) is 14.4 Å². The molecule has 0 bridgehead atoms. The quantitative estimate of drug-likeness (QED) is 0.366. The minimum Gasteiger partial charge on any atom is -0.457 e. The Bertz CT molecular complexity index is 1460. The van der Waals surface area contributed by atoms with Gasteiger partial charge in [-0.15, -0.1) is 0 Å². The number of fused-ring (bicyclic) bond motifs is 2. The van der Waals surface area contributed by atoms with Gasteiger partial charge in [0.05, 0.1) is 6.04 Å². The van der Waals surface area contributed by atoms with Crippen LogP contribution in [0.2, 0.25) is 0 Å². The lowest BCUT2D eigenvalue weighted by atomic mass is 9.91. The highest BCUT2D eigenvalue weighted by atomic mass is 16.5. The number of ether oxygens (including phenoxy) is 1. The number of aromatic amines is 1. The Morgan fingerprint density at radius 2 is 1.88 bits per heavy atom. The number of likely N-dealkylation sites (tertiary alicyclic amines) is 1. The highest BCUT2D eigenvalue weighted by Gasteiger charge is 2.50. The summed E-state index contributed by atoms with van der Waals surface area (Å²) in [5.74, 6) is 1.07. The Labute approximate surface area is 239 Å². The van der Waals surface area contributed by atoms with Crippen LogP contribution < -0.4 is 10.1 Å². The van der Waals surface area contributed by atoms with Gasteiger partial charge >= 0.3 is 0 Å². The summed E-state index contributed by atoms with van der Waals surface area (Å²) in [5, 5.41) is 3.79. The molecule has 2 aromatic carbocycles. The summed E-state index contributed by atoms with van der Waals surface area (Å²) in [6, 6.07) is 15.6. The summed E-state index contributed by atoms with van der Waals surface area (Å²) >= 11 is 0. The molecule has 2 aliphatic carbocycles. The van der Waals surface area contributed by atoms with E-state index in [4.69, 9.17) is 4.74 Å². The Morgan fingerprint density at radius 1 is 1.05 bits per heavy atom. The number of nitrogens with one attached hydrogen (secondary N) is 2. The van der Waals surface area contributed by atoms with Gasteiger partial charge in [-0.25, -0.2) is 0 Å². The van der Waals surface area contributed by atoms with Crippen LogP contribution in [0.25, 0.3) is 10.9 Å². The Hall–Kier alpha value is -3.94. The number of para-hydroxylation sites is 1. The predicted molar refractivity (Wildman–Crippen MR) is 155 cm³/mol. The molecule has 3 aliphatic rings. The van der Waals surface area contributed by atoms with Gasteiger partial charge in [-0.2, -0.15) is 0 Å². The molecule has 2 N–H and O–H groups in total. The summed E-state index contributed by atoms with van der Waals surface area (Å²) in [6.45, 7) is 2.29. The number of carbonyl (C=O) groups is 4. The molecule has 6 rings (SSSR count).